The molecule has 0 fully saturated rings. The number of hydrogen-bond donors (Lipinski definition) is 2. The number of fused-ring (bicyclic) bond motifs is 1. The van der Waals surface area contributed by atoms with Crippen LogP contribution in [-0.4, -0.2) is 29.2 Å². The van der Waals surface area contributed by atoms with E-state index >= 15 is 0 Å². The summed E-state index contributed by atoms with van der Waals surface area (Å²) >= 11 is 0. The maximum Gasteiger partial charge on any atom is 0.171 e. The van der Waals surface area contributed by atoms with Crippen molar-refractivity contribution in [2.45, 2.75) is 33.6 Å². The lowest BCUT2D eigenvalue weighted by Crippen LogP contribution is -2.28. The third kappa shape index (κ3) is 1.78. The van der Waals surface area contributed by atoms with Gasteiger partial charge in [0.25, 0.3) is 0 Å². The minimum atomic E-state index is -0.669. The molecule has 1 aliphatic rings. The summed E-state index contributed by atoms with van der Waals surface area (Å²) in [4.78, 5) is 12.4. The molecule has 1 unspecified atom stereocenters. The number of hydrogen-bond acceptors (Lipinski definition) is 3. The predicted molar refractivity (Wildman–Crippen MR) is 69.9 cm³/mol. The SMILES string of the molecule is Cc1cc2c(c(C)c1CCO)C(=O)C(C)(CO)C2. The van der Waals surface area contributed by atoms with E-state index in [2.05, 4.69) is 0 Å². The minimum absolute atomic E-state index is 0.0386. The van der Waals surface area contributed by atoms with Gasteiger partial charge in [0.15, 0.2) is 5.78 Å². The highest BCUT2D eigenvalue weighted by Gasteiger charge is 2.42. The van der Waals surface area contributed by atoms with Crippen molar-refractivity contribution >= 4 is 5.78 Å². The number of rotatable bonds is 3. The molecule has 0 bridgehead atoms. The molecule has 18 heavy (non-hydrogen) atoms. The van der Waals surface area contributed by atoms with Gasteiger partial charge in [-0.2, -0.15) is 0 Å². The largest absolute Gasteiger partial charge is 0.396 e. The second kappa shape index (κ2) is 4.48. The van der Waals surface area contributed by atoms with Gasteiger partial charge in [0, 0.05) is 12.2 Å². The normalized spacial score (nSPS) is 22.4. The second-order valence-corrected chi connectivity index (χ2v) is 5.53. The van der Waals surface area contributed by atoms with Gasteiger partial charge in [-0.1, -0.05) is 6.07 Å². The summed E-state index contributed by atoms with van der Waals surface area (Å²) in [6, 6.07) is 2.03. The molecular weight excluding hydrogens is 228 g/mol. The van der Waals surface area contributed by atoms with E-state index < -0.39 is 5.41 Å². The van der Waals surface area contributed by atoms with Crippen LogP contribution in [-0.2, 0) is 12.8 Å². The van der Waals surface area contributed by atoms with Gasteiger partial charge in [-0.3, -0.25) is 4.79 Å². The average Bonchev–Trinajstić information content (AvgIpc) is 2.58. The van der Waals surface area contributed by atoms with E-state index in [0.717, 1.165) is 27.8 Å². The van der Waals surface area contributed by atoms with Crippen molar-refractivity contribution in [2.75, 3.05) is 13.2 Å². The quantitative estimate of drug-likeness (QED) is 0.853. The summed E-state index contributed by atoms with van der Waals surface area (Å²) in [5, 5.41) is 18.5. The fourth-order valence-corrected chi connectivity index (χ4v) is 2.99. The highest BCUT2D eigenvalue weighted by Crippen LogP contribution is 2.39. The van der Waals surface area contributed by atoms with Crippen molar-refractivity contribution in [1.29, 1.82) is 0 Å². The van der Waals surface area contributed by atoms with Gasteiger partial charge in [-0.05, 0) is 55.9 Å². The molecule has 0 heterocycles. The van der Waals surface area contributed by atoms with Gasteiger partial charge in [0.2, 0.25) is 0 Å². The summed E-state index contributed by atoms with van der Waals surface area (Å²) in [7, 11) is 0. The zero-order chi connectivity index (χ0) is 13.5. The van der Waals surface area contributed by atoms with Crippen molar-refractivity contribution in [3.05, 3.63) is 33.9 Å². The molecule has 2 N–H and O–H groups in total. The van der Waals surface area contributed by atoms with Crippen LogP contribution >= 0.6 is 0 Å². The summed E-state index contributed by atoms with van der Waals surface area (Å²) < 4.78 is 0. The van der Waals surface area contributed by atoms with Crippen LogP contribution in [0.4, 0.5) is 0 Å². The van der Waals surface area contributed by atoms with Gasteiger partial charge < -0.3 is 10.2 Å². The predicted octanol–water partition coefficient (Wildman–Crippen LogP) is 1.58. The van der Waals surface area contributed by atoms with E-state index in [0.29, 0.717) is 12.8 Å². The number of ketones is 1. The standard InChI is InChI=1S/C15H20O3/c1-9-6-11-7-15(3,8-17)14(18)13(11)10(2)12(9)4-5-16/h6,16-17H,4-5,7-8H2,1-3H3. The van der Waals surface area contributed by atoms with E-state index in [9.17, 15) is 9.90 Å². The van der Waals surface area contributed by atoms with Crippen molar-refractivity contribution in [1.82, 2.24) is 0 Å². The second-order valence-electron chi connectivity index (χ2n) is 5.53. The van der Waals surface area contributed by atoms with Crippen LogP contribution < -0.4 is 0 Å². The Morgan fingerprint density at radius 1 is 1.33 bits per heavy atom. The van der Waals surface area contributed by atoms with E-state index in [1.165, 1.54) is 0 Å². The Balaban J connectivity index is 2.59. The first-order valence-electron chi connectivity index (χ1n) is 6.33. The lowest BCUT2D eigenvalue weighted by atomic mass is 9.86. The van der Waals surface area contributed by atoms with Crippen LogP contribution in [0.25, 0.3) is 0 Å². The number of aryl methyl sites for hydroxylation is 1. The molecule has 0 aromatic heterocycles. The molecule has 1 aromatic rings. The fourth-order valence-electron chi connectivity index (χ4n) is 2.99. The van der Waals surface area contributed by atoms with Gasteiger partial charge in [0.1, 0.15) is 0 Å². The van der Waals surface area contributed by atoms with Gasteiger partial charge >= 0.3 is 0 Å². The van der Waals surface area contributed by atoms with Crippen LogP contribution in [0, 0.1) is 19.3 Å². The third-order valence-electron chi connectivity index (χ3n) is 4.08. The summed E-state index contributed by atoms with van der Waals surface area (Å²) in [5.74, 6) is 0.0386. The van der Waals surface area contributed by atoms with Crippen molar-refractivity contribution < 1.29 is 15.0 Å². The van der Waals surface area contributed by atoms with E-state index in [1.807, 2.05) is 26.8 Å². The Kier molecular flexibility index (Phi) is 3.30. The number of benzene rings is 1. The Bertz CT molecular complexity index is 505. The van der Waals surface area contributed by atoms with Crippen LogP contribution in [0.15, 0.2) is 6.07 Å². The molecule has 0 aliphatic heterocycles. The Hall–Kier alpha value is -1.19. The van der Waals surface area contributed by atoms with Gasteiger partial charge in [-0.15, -0.1) is 0 Å². The zero-order valence-electron chi connectivity index (χ0n) is 11.2. The summed E-state index contributed by atoms with van der Waals surface area (Å²) in [5.41, 5.74) is 4.29. The fraction of sp³-hybridized carbons (Fsp3) is 0.533. The number of aliphatic hydroxyl groups excluding tert-OH is 2. The molecule has 0 saturated heterocycles. The summed E-state index contributed by atoms with van der Waals surface area (Å²) in [6.45, 7) is 5.74. The first-order chi connectivity index (χ1) is 8.44. The molecule has 2 rings (SSSR count). The molecule has 98 valence electrons. The molecule has 3 heteroatoms. The molecule has 0 saturated carbocycles. The molecular formula is C15H20O3. The molecule has 1 atom stereocenters. The highest BCUT2D eigenvalue weighted by molar-refractivity contribution is 6.06. The van der Waals surface area contributed by atoms with E-state index in [4.69, 9.17) is 5.11 Å². The maximum atomic E-state index is 12.4. The zero-order valence-corrected chi connectivity index (χ0v) is 11.2. The molecule has 0 spiro atoms. The topological polar surface area (TPSA) is 57.5 Å². The lowest BCUT2D eigenvalue weighted by molar-refractivity contribution is 0.0722. The van der Waals surface area contributed by atoms with Crippen LogP contribution in [0.3, 0.4) is 0 Å². The minimum Gasteiger partial charge on any atom is -0.396 e. The number of carbonyl (C=O) groups is 1. The number of carbonyl (C=O) groups excluding carboxylic acids is 1. The Morgan fingerprint density at radius 3 is 2.56 bits per heavy atom. The monoisotopic (exact) mass is 248 g/mol. The average molecular weight is 248 g/mol. The maximum absolute atomic E-state index is 12.4. The first kappa shape index (κ1) is 13.2. The molecule has 0 radical (unpaired) electrons. The first-order valence-corrected chi connectivity index (χ1v) is 6.33. The van der Waals surface area contributed by atoms with E-state index in [1.54, 1.807) is 0 Å². The number of aliphatic hydroxyl groups is 2. The van der Waals surface area contributed by atoms with Crippen LogP contribution in [0.2, 0.25) is 0 Å². The van der Waals surface area contributed by atoms with Crippen LogP contribution in [0.5, 0.6) is 0 Å². The molecule has 1 aliphatic carbocycles. The van der Waals surface area contributed by atoms with Gasteiger partial charge in [-0.25, -0.2) is 0 Å². The Labute approximate surface area is 107 Å². The number of Topliss-reactive ketones (excluding diaryl/α,β-unsaturated/α-hetero) is 1. The van der Waals surface area contributed by atoms with E-state index in [-0.39, 0.29) is 19.0 Å². The van der Waals surface area contributed by atoms with Crippen molar-refractivity contribution in [3.8, 4) is 0 Å². The molecule has 0 amide bonds. The van der Waals surface area contributed by atoms with Crippen molar-refractivity contribution in [3.63, 3.8) is 0 Å². The highest BCUT2D eigenvalue weighted by atomic mass is 16.3. The summed E-state index contributed by atoms with van der Waals surface area (Å²) in [6.07, 6.45) is 1.19. The Morgan fingerprint density at radius 2 is 2.00 bits per heavy atom. The van der Waals surface area contributed by atoms with Crippen molar-refractivity contribution in [2.24, 2.45) is 5.41 Å². The third-order valence-corrected chi connectivity index (χ3v) is 4.08. The molecule has 3 nitrogen and oxygen atoms in total. The van der Waals surface area contributed by atoms with Gasteiger partial charge in [0.05, 0.1) is 12.0 Å². The smallest absolute Gasteiger partial charge is 0.171 e. The lowest BCUT2D eigenvalue weighted by Gasteiger charge is -2.17. The molecule has 1 aromatic carbocycles. The van der Waals surface area contributed by atoms with Crippen LogP contribution in [0.1, 0.15) is 39.5 Å².